The number of thiazole rings is 1. The number of carbonyl (C=O) groups excluding carboxylic acids is 1. The van der Waals surface area contributed by atoms with Gasteiger partial charge in [-0.15, -0.1) is 0 Å². The second kappa shape index (κ2) is 11.5. The molecule has 1 amide bonds. The van der Waals surface area contributed by atoms with Crippen LogP contribution < -0.4 is 4.74 Å². The van der Waals surface area contributed by atoms with Crippen LogP contribution in [0.2, 0.25) is 0 Å². The summed E-state index contributed by atoms with van der Waals surface area (Å²) in [6, 6.07) is 3.21. The monoisotopic (exact) mass is 643 g/mol. The van der Waals surface area contributed by atoms with Crippen molar-refractivity contribution in [1.29, 1.82) is 0 Å². The predicted molar refractivity (Wildman–Crippen MR) is 137 cm³/mol. The standard InChI is InChI=1S/C27H26F9N3O3S/c28-25(29,30)17-7-6-16(19(14-17)41-22-37-18-4-1-2-5-20(18)43-22)15-39-11-3-8-24(39)9-12-38(13-10-24)23(40)42-21(26(31,32)33)27(34,35)36/h2,5-7,14,21H,1,3-4,8-13,15H2. The summed E-state index contributed by atoms with van der Waals surface area (Å²) in [5, 5.41) is 0.205. The zero-order valence-electron chi connectivity index (χ0n) is 22.4. The molecule has 2 aliphatic heterocycles. The number of hydrogen-bond acceptors (Lipinski definition) is 6. The van der Waals surface area contributed by atoms with E-state index in [9.17, 15) is 44.3 Å². The molecule has 0 atom stereocenters. The molecule has 1 aromatic heterocycles. The number of ether oxygens (including phenoxy) is 2. The number of hydrogen-bond donors (Lipinski definition) is 0. The van der Waals surface area contributed by atoms with Crippen molar-refractivity contribution in [3.8, 4) is 10.9 Å². The van der Waals surface area contributed by atoms with Gasteiger partial charge < -0.3 is 14.4 Å². The molecule has 6 nitrogen and oxygen atoms in total. The van der Waals surface area contributed by atoms with E-state index >= 15 is 0 Å². The zero-order valence-corrected chi connectivity index (χ0v) is 23.2. The first-order valence-electron chi connectivity index (χ1n) is 13.4. The van der Waals surface area contributed by atoms with Gasteiger partial charge in [-0.25, -0.2) is 9.78 Å². The molecule has 0 unspecified atom stereocenters. The van der Waals surface area contributed by atoms with Gasteiger partial charge in [0.2, 0.25) is 0 Å². The predicted octanol–water partition coefficient (Wildman–Crippen LogP) is 7.97. The van der Waals surface area contributed by atoms with Crippen molar-refractivity contribution in [3.05, 3.63) is 46.0 Å². The van der Waals surface area contributed by atoms with E-state index in [1.165, 1.54) is 17.4 Å². The number of carbonyl (C=O) groups is 1. The second-order valence-corrected chi connectivity index (χ2v) is 11.7. The number of halogens is 9. The molecule has 0 saturated carbocycles. The van der Waals surface area contributed by atoms with E-state index in [1.807, 2.05) is 17.1 Å². The average molecular weight is 644 g/mol. The first-order chi connectivity index (χ1) is 20.0. The highest BCUT2D eigenvalue weighted by Crippen LogP contribution is 2.43. The molecule has 2 fully saturated rings. The molecule has 0 bridgehead atoms. The van der Waals surface area contributed by atoms with Crippen molar-refractivity contribution >= 4 is 23.5 Å². The number of benzene rings is 1. The van der Waals surface area contributed by atoms with Crippen LogP contribution in [0.25, 0.3) is 6.08 Å². The second-order valence-electron chi connectivity index (χ2n) is 10.7. The smallest absolute Gasteiger partial charge is 0.431 e. The molecule has 1 aromatic carbocycles. The highest BCUT2D eigenvalue weighted by molar-refractivity contribution is 7.14. The van der Waals surface area contributed by atoms with Gasteiger partial charge in [-0.05, 0) is 63.3 Å². The molecule has 43 heavy (non-hydrogen) atoms. The van der Waals surface area contributed by atoms with Crippen molar-refractivity contribution in [2.75, 3.05) is 19.6 Å². The molecule has 1 aliphatic carbocycles. The van der Waals surface area contributed by atoms with Gasteiger partial charge in [0.25, 0.3) is 11.3 Å². The first kappa shape index (κ1) is 31.4. The molecule has 5 rings (SSSR count). The number of allylic oxidation sites excluding steroid dienone is 1. The van der Waals surface area contributed by atoms with Crippen LogP contribution in [0.5, 0.6) is 10.9 Å². The van der Waals surface area contributed by atoms with Crippen LogP contribution in [-0.4, -0.2) is 64.5 Å². The van der Waals surface area contributed by atoms with E-state index in [4.69, 9.17) is 4.74 Å². The first-order valence-corrected chi connectivity index (χ1v) is 14.3. The molecule has 1 spiro atoms. The summed E-state index contributed by atoms with van der Waals surface area (Å²) in [5.74, 6) is -0.0155. The SMILES string of the molecule is O=C(OC(C(F)(F)F)C(F)(F)F)N1CCC2(CCCN2Cc2ccc(C(F)(F)F)cc2Oc2nc3c(s2)C=CCC3)CC1. The Morgan fingerprint density at radius 2 is 1.70 bits per heavy atom. The minimum absolute atomic E-state index is 0.0155. The third-order valence-corrected chi connectivity index (χ3v) is 8.93. The number of fused-ring (bicyclic) bond motifs is 1. The Kier molecular flexibility index (Phi) is 8.39. The Hall–Kier alpha value is -3.01. The van der Waals surface area contributed by atoms with Crippen molar-refractivity contribution in [2.45, 2.75) is 75.2 Å². The summed E-state index contributed by atoms with van der Waals surface area (Å²) in [6.07, 6.45) is -15.0. The van der Waals surface area contributed by atoms with Crippen LogP contribution in [0, 0.1) is 0 Å². The van der Waals surface area contributed by atoms with Gasteiger partial charge in [0.1, 0.15) is 5.75 Å². The lowest BCUT2D eigenvalue weighted by molar-refractivity contribution is -0.308. The Labute approximate surface area is 244 Å². The molecule has 3 heterocycles. The fourth-order valence-corrected chi connectivity index (χ4v) is 6.67. The van der Waals surface area contributed by atoms with E-state index in [2.05, 4.69) is 9.72 Å². The lowest BCUT2D eigenvalue weighted by atomic mass is 9.85. The number of aryl methyl sites for hydroxylation is 1. The highest BCUT2D eigenvalue weighted by Gasteiger charge is 2.60. The molecule has 3 aliphatic rings. The van der Waals surface area contributed by atoms with Gasteiger partial charge in [0.05, 0.1) is 16.1 Å². The van der Waals surface area contributed by atoms with Crippen molar-refractivity contribution in [2.24, 2.45) is 0 Å². The summed E-state index contributed by atoms with van der Waals surface area (Å²) < 4.78 is 128. The summed E-state index contributed by atoms with van der Waals surface area (Å²) in [5.41, 5.74) is -0.198. The van der Waals surface area contributed by atoms with Crippen LogP contribution in [-0.2, 0) is 23.9 Å². The number of amides is 1. The highest BCUT2D eigenvalue weighted by atomic mass is 32.1. The molecular weight excluding hydrogens is 617 g/mol. The molecule has 0 N–H and O–H groups in total. The van der Waals surface area contributed by atoms with E-state index < -0.39 is 41.8 Å². The quantitative estimate of drug-likeness (QED) is 0.310. The van der Waals surface area contributed by atoms with Crippen molar-refractivity contribution in [1.82, 2.24) is 14.8 Å². The molecule has 2 saturated heterocycles. The minimum atomic E-state index is -5.82. The summed E-state index contributed by atoms with van der Waals surface area (Å²) in [7, 11) is 0. The Morgan fingerprint density at radius 1 is 1.00 bits per heavy atom. The molecule has 236 valence electrons. The van der Waals surface area contributed by atoms with E-state index in [0.717, 1.165) is 34.0 Å². The van der Waals surface area contributed by atoms with E-state index in [-0.39, 0.29) is 43.4 Å². The third kappa shape index (κ3) is 6.89. The van der Waals surface area contributed by atoms with Gasteiger partial charge in [-0.2, -0.15) is 39.5 Å². The normalized spacial score (nSPS) is 19.3. The number of likely N-dealkylation sites (tertiary alicyclic amines) is 2. The van der Waals surface area contributed by atoms with Gasteiger partial charge in [-0.1, -0.05) is 23.5 Å². The fraction of sp³-hybridized carbons (Fsp3) is 0.556. The summed E-state index contributed by atoms with van der Waals surface area (Å²) in [4.78, 5) is 20.4. The maximum absolute atomic E-state index is 13.6. The number of rotatable bonds is 5. The van der Waals surface area contributed by atoms with E-state index in [1.54, 1.807) is 0 Å². The van der Waals surface area contributed by atoms with Crippen LogP contribution in [0.15, 0.2) is 24.3 Å². The Balaban J connectivity index is 1.31. The number of nitrogens with zero attached hydrogens (tertiary/aromatic N) is 3. The maximum Gasteiger partial charge on any atom is 0.434 e. The Bertz CT molecular complexity index is 1350. The molecule has 16 heteroatoms. The zero-order chi connectivity index (χ0) is 31.2. The van der Waals surface area contributed by atoms with Gasteiger partial charge in [-0.3, -0.25) is 4.90 Å². The topological polar surface area (TPSA) is 54.9 Å². The van der Waals surface area contributed by atoms with Crippen molar-refractivity contribution in [3.63, 3.8) is 0 Å². The van der Waals surface area contributed by atoms with Crippen molar-refractivity contribution < 1.29 is 53.8 Å². The number of aromatic nitrogens is 1. The van der Waals surface area contributed by atoms with Gasteiger partial charge in [0, 0.05) is 30.7 Å². The van der Waals surface area contributed by atoms with Crippen LogP contribution >= 0.6 is 11.3 Å². The molecular formula is C27H26F9N3O3S. The molecule has 0 radical (unpaired) electrons. The fourth-order valence-electron chi connectivity index (χ4n) is 5.77. The van der Waals surface area contributed by atoms with Crippen LogP contribution in [0.3, 0.4) is 0 Å². The van der Waals surface area contributed by atoms with Crippen LogP contribution in [0.1, 0.15) is 53.8 Å². The Morgan fingerprint density at radius 3 is 2.33 bits per heavy atom. The van der Waals surface area contributed by atoms with Crippen LogP contribution in [0.4, 0.5) is 44.3 Å². The number of piperidine rings is 1. The average Bonchev–Trinajstić information content (AvgIpc) is 3.49. The minimum Gasteiger partial charge on any atom is -0.431 e. The van der Waals surface area contributed by atoms with Gasteiger partial charge in [0.15, 0.2) is 0 Å². The maximum atomic E-state index is 13.6. The van der Waals surface area contributed by atoms with Gasteiger partial charge >= 0.3 is 24.6 Å². The lowest BCUT2D eigenvalue weighted by Crippen LogP contribution is -2.54. The van der Waals surface area contributed by atoms with E-state index in [0.29, 0.717) is 31.4 Å². The third-order valence-electron chi connectivity index (χ3n) is 7.98. The summed E-state index contributed by atoms with van der Waals surface area (Å²) >= 11 is 1.22. The molecule has 2 aromatic rings. The summed E-state index contributed by atoms with van der Waals surface area (Å²) in [6.45, 7) is 0.428. The lowest BCUT2D eigenvalue weighted by Gasteiger charge is -2.45. The largest absolute Gasteiger partial charge is 0.434 e. The number of alkyl halides is 9.